The Morgan fingerprint density at radius 1 is 1.12 bits per heavy atom. The van der Waals surface area contributed by atoms with E-state index < -0.39 is 20.1 Å². The van der Waals surface area contributed by atoms with Crippen molar-refractivity contribution in [1.82, 2.24) is 4.98 Å². The van der Waals surface area contributed by atoms with Crippen molar-refractivity contribution in [2.75, 3.05) is 0 Å². The minimum absolute atomic E-state index is 0.137. The van der Waals surface area contributed by atoms with Crippen LogP contribution in [-0.2, 0) is 0 Å². The first-order valence-electron chi connectivity index (χ1n) is 8.09. The number of hydrogen-bond donors (Lipinski definition) is 0. The summed E-state index contributed by atoms with van der Waals surface area (Å²) < 4.78 is 39.3. The van der Waals surface area contributed by atoms with Crippen molar-refractivity contribution in [2.45, 2.75) is 24.1 Å². The maximum atomic E-state index is 7.90. The van der Waals surface area contributed by atoms with E-state index in [-0.39, 0.29) is 17.6 Å². The summed E-state index contributed by atoms with van der Waals surface area (Å²) in [6.45, 7) is -2.44. The second-order valence-corrected chi connectivity index (χ2v) is 15.7. The molecule has 1 aromatic heterocycles. The summed E-state index contributed by atoms with van der Waals surface area (Å²) in [5.74, 6) is 6.85. The van der Waals surface area contributed by atoms with Crippen molar-refractivity contribution in [3.05, 3.63) is 48.1 Å². The number of pyridine rings is 1. The molecule has 1 heterocycles. The van der Waals surface area contributed by atoms with Crippen molar-refractivity contribution >= 4 is 17.7 Å². The van der Waals surface area contributed by atoms with Gasteiger partial charge in [-0.1, -0.05) is 0 Å². The first-order chi connectivity index (χ1) is 10.00. The molecule has 0 amide bonds. The van der Waals surface area contributed by atoms with Gasteiger partial charge in [-0.15, -0.1) is 0 Å². The van der Waals surface area contributed by atoms with E-state index in [4.69, 9.17) is 6.85 Å². The van der Waals surface area contributed by atoms with Crippen LogP contribution in [0.5, 0.6) is 0 Å². The maximum absolute atomic E-state index is 7.90. The monoisotopic (exact) mass is 292 g/mol. The molecule has 0 bridgehead atoms. The van der Waals surface area contributed by atoms with E-state index in [1.807, 2.05) is 18.3 Å². The van der Waals surface area contributed by atoms with Gasteiger partial charge >= 0.3 is 113 Å². The van der Waals surface area contributed by atoms with Crippen LogP contribution in [0.15, 0.2) is 42.5 Å². The molecule has 2 rings (SSSR count). The summed E-state index contributed by atoms with van der Waals surface area (Å²) in [5.41, 5.74) is 1.06. The van der Waals surface area contributed by atoms with Gasteiger partial charge < -0.3 is 0 Å². The topological polar surface area (TPSA) is 12.9 Å². The summed E-state index contributed by atoms with van der Waals surface area (Å²) in [6.07, 6.45) is 1.86. The Kier molecular flexibility index (Phi) is 2.02. The normalized spacial score (nSPS) is 16.5. The zero-order chi connectivity index (χ0) is 16.7. The average Bonchev–Trinajstić information content (AvgIpc) is 2.35. The fraction of sp³-hybridized carbons (Fsp3) is 0.267. The number of rotatable bonds is 2. The molecule has 2 aromatic rings. The van der Waals surface area contributed by atoms with Gasteiger partial charge in [-0.25, -0.2) is 0 Å². The van der Waals surface area contributed by atoms with Gasteiger partial charge in [-0.2, -0.15) is 0 Å². The summed E-state index contributed by atoms with van der Waals surface area (Å²) >= 11 is -1.92. The molecule has 0 N–H and O–H groups in total. The molecular formula is C15H19GeN. The van der Waals surface area contributed by atoms with Crippen LogP contribution in [0.3, 0.4) is 0 Å². The van der Waals surface area contributed by atoms with E-state index in [0.717, 1.165) is 0 Å². The number of hydrogen-bond acceptors (Lipinski definition) is 1. The van der Waals surface area contributed by atoms with Gasteiger partial charge in [-0.3, -0.25) is 0 Å². The third kappa shape index (κ3) is 2.97. The molecule has 0 saturated heterocycles. The first-order valence-corrected chi connectivity index (χ1v) is 12.9. The molecular weight excluding hydrogens is 267 g/mol. The van der Waals surface area contributed by atoms with Crippen molar-refractivity contribution < 1.29 is 6.85 Å². The average molecular weight is 291 g/mol. The van der Waals surface area contributed by atoms with Crippen LogP contribution in [0.4, 0.5) is 0 Å². The SMILES string of the molecule is [2H]c1cc(-c2cc[c]([Ge]([CH3])([CH3])[CH3])cn2)cc([2H])c1C([2H])([2H])[2H]. The molecule has 0 fully saturated rings. The Morgan fingerprint density at radius 2 is 1.82 bits per heavy atom. The second kappa shape index (κ2) is 4.65. The van der Waals surface area contributed by atoms with E-state index in [0.29, 0.717) is 11.3 Å². The summed E-state index contributed by atoms with van der Waals surface area (Å²) in [4.78, 5) is 4.43. The summed E-state index contributed by atoms with van der Waals surface area (Å²) in [7, 11) is 0. The third-order valence-corrected chi connectivity index (χ3v) is 6.92. The molecule has 1 nitrogen and oxygen atoms in total. The van der Waals surface area contributed by atoms with Crippen molar-refractivity contribution in [3.8, 4) is 11.3 Å². The molecule has 0 spiro atoms. The number of nitrogens with zero attached hydrogens (tertiary/aromatic N) is 1. The fourth-order valence-electron chi connectivity index (χ4n) is 1.54. The molecule has 0 saturated carbocycles. The van der Waals surface area contributed by atoms with Gasteiger partial charge in [0, 0.05) is 0 Å². The molecule has 0 unspecified atom stereocenters. The standard InChI is InChI=1S/C15H19GeN/c1-12-5-7-13(8-6-12)15-10-9-14(11-17-15)16(2,3)4/h5-11H,1-4H3/i1D3,5D,6D. The predicted octanol–water partition coefficient (Wildman–Crippen LogP) is 3.60. The van der Waals surface area contributed by atoms with Crippen LogP contribution in [-0.4, -0.2) is 18.3 Å². The van der Waals surface area contributed by atoms with Gasteiger partial charge in [0.25, 0.3) is 0 Å². The van der Waals surface area contributed by atoms with E-state index in [9.17, 15) is 0 Å². The third-order valence-electron chi connectivity index (χ3n) is 2.67. The summed E-state index contributed by atoms with van der Waals surface area (Å²) in [5, 5.41) is 0. The molecule has 2 heteroatoms. The van der Waals surface area contributed by atoms with Crippen LogP contribution < -0.4 is 4.40 Å². The Morgan fingerprint density at radius 3 is 2.29 bits per heavy atom. The van der Waals surface area contributed by atoms with Gasteiger partial charge in [0.2, 0.25) is 0 Å². The molecule has 0 atom stereocenters. The quantitative estimate of drug-likeness (QED) is 0.770. The van der Waals surface area contributed by atoms with Crippen molar-refractivity contribution in [2.24, 2.45) is 0 Å². The molecule has 1 aromatic carbocycles. The van der Waals surface area contributed by atoms with Crippen molar-refractivity contribution in [3.63, 3.8) is 0 Å². The van der Waals surface area contributed by atoms with Gasteiger partial charge in [0.05, 0.1) is 0 Å². The van der Waals surface area contributed by atoms with Crippen LogP contribution in [0.2, 0.25) is 17.3 Å². The minimum atomic E-state index is -2.44. The van der Waals surface area contributed by atoms with E-state index >= 15 is 0 Å². The molecule has 0 aliphatic heterocycles. The van der Waals surface area contributed by atoms with E-state index in [2.05, 4.69) is 22.3 Å². The number of benzene rings is 1. The molecule has 17 heavy (non-hydrogen) atoms. The zero-order valence-electron chi connectivity index (χ0n) is 15.3. The van der Waals surface area contributed by atoms with Crippen molar-refractivity contribution in [1.29, 1.82) is 0 Å². The molecule has 0 aliphatic rings. The Balaban J connectivity index is 2.47. The molecule has 0 radical (unpaired) electrons. The first kappa shape index (κ1) is 7.37. The zero-order valence-corrected chi connectivity index (χ0v) is 12.4. The second-order valence-electron chi connectivity index (χ2n) is 5.09. The summed E-state index contributed by atoms with van der Waals surface area (Å²) in [6, 6.07) is 6.60. The Labute approximate surface area is 113 Å². The Bertz CT molecular complexity index is 664. The van der Waals surface area contributed by atoms with Crippen LogP contribution >= 0.6 is 0 Å². The predicted molar refractivity (Wildman–Crippen MR) is 77.4 cm³/mol. The van der Waals surface area contributed by atoms with Crippen LogP contribution in [0, 0.1) is 6.85 Å². The molecule has 0 aliphatic carbocycles. The fourth-order valence-corrected chi connectivity index (χ4v) is 3.71. The van der Waals surface area contributed by atoms with Gasteiger partial charge in [0.1, 0.15) is 0 Å². The van der Waals surface area contributed by atoms with Crippen LogP contribution in [0.1, 0.15) is 12.4 Å². The molecule has 88 valence electrons. The van der Waals surface area contributed by atoms with Gasteiger partial charge in [-0.05, 0) is 0 Å². The van der Waals surface area contributed by atoms with E-state index in [1.165, 1.54) is 16.5 Å². The number of aromatic nitrogens is 1. The van der Waals surface area contributed by atoms with E-state index in [1.54, 1.807) is 0 Å². The van der Waals surface area contributed by atoms with Crippen LogP contribution in [0.25, 0.3) is 11.3 Å². The Hall–Kier alpha value is -1.09. The van der Waals surface area contributed by atoms with Gasteiger partial charge in [0.15, 0.2) is 0 Å².